The summed E-state index contributed by atoms with van der Waals surface area (Å²) in [7, 11) is 1.66. The molecule has 2 aromatic heterocycles. The molecule has 0 unspecified atom stereocenters. The Morgan fingerprint density at radius 3 is 2.46 bits per heavy atom. The van der Waals surface area contributed by atoms with Crippen LogP contribution in [0.3, 0.4) is 0 Å². The third-order valence-electron chi connectivity index (χ3n) is 6.41. The molecule has 1 aliphatic heterocycles. The molecule has 0 spiro atoms. The van der Waals surface area contributed by atoms with E-state index < -0.39 is 0 Å². The molecule has 8 heteroatoms. The molecule has 35 heavy (non-hydrogen) atoms. The fourth-order valence-electron chi connectivity index (χ4n) is 4.81. The Morgan fingerprint density at radius 2 is 1.77 bits per heavy atom. The van der Waals surface area contributed by atoms with Gasteiger partial charge in [0.15, 0.2) is 5.11 Å². The summed E-state index contributed by atoms with van der Waals surface area (Å²) in [5, 5.41) is 5.20. The molecule has 0 radical (unpaired) electrons. The van der Waals surface area contributed by atoms with E-state index in [1.165, 1.54) is 0 Å². The van der Waals surface area contributed by atoms with E-state index >= 15 is 0 Å². The molecule has 3 heterocycles. The van der Waals surface area contributed by atoms with Crippen LogP contribution in [0.4, 0.5) is 5.69 Å². The lowest BCUT2D eigenvalue weighted by Crippen LogP contribution is -2.29. The van der Waals surface area contributed by atoms with Crippen molar-refractivity contribution in [2.24, 2.45) is 0 Å². The van der Waals surface area contributed by atoms with Crippen LogP contribution < -0.4 is 15.0 Å². The van der Waals surface area contributed by atoms with E-state index in [0.717, 1.165) is 39.8 Å². The Labute approximate surface area is 220 Å². The zero-order valence-electron chi connectivity index (χ0n) is 19.5. The van der Waals surface area contributed by atoms with Crippen molar-refractivity contribution in [1.29, 1.82) is 0 Å². The van der Waals surface area contributed by atoms with Gasteiger partial charge in [-0.2, -0.15) is 0 Å². The number of nitrogens with zero attached hydrogens (tertiary/aromatic N) is 3. The number of hydrogen-bond donors (Lipinski definition) is 1. The third kappa shape index (κ3) is 4.16. The minimum atomic E-state index is -0.144. The molecule has 0 saturated carbocycles. The van der Waals surface area contributed by atoms with E-state index in [1.807, 2.05) is 60.8 Å². The van der Waals surface area contributed by atoms with Gasteiger partial charge in [-0.15, -0.1) is 0 Å². The summed E-state index contributed by atoms with van der Waals surface area (Å²) < 4.78 is 7.51. The van der Waals surface area contributed by atoms with Crippen LogP contribution in [0.5, 0.6) is 5.75 Å². The number of rotatable bonds is 5. The normalized spacial score (nSPS) is 17.5. The average Bonchev–Trinajstić information content (AvgIpc) is 3.36. The number of methoxy groups -OCH3 is 1. The standard InChI is InChI=1S/C27H24Cl2N4OS/c1-16-15-20(17(2)32(16)23-9-6-7-21(28)24(23)29)26-25(22-8-4-5-14-30-22)31-27(35)33(26)18-10-12-19(34-3)13-11-18/h4-15,25-26H,1-3H3,(H,31,35)/t25-,26+/m0/s1. The summed E-state index contributed by atoms with van der Waals surface area (Å²) in [6, 6.07) is 21.5. The van der Waals surface area contributed by atoms with Gasteiger partial charge >= 0.3 is 0 Å². The zero-order chi connectivity index (χ0) is 24.7. The second-order valence-electron chi connectivity index (χ2n) is 8.43. The molecule has 1 fully saturated rings. The Morgan fingerprint density at radius 1 is 1.00 bits per heavy atom. The summed E-state index contributed by atoms with van der Waals surface area (Å²) in [6.45, 7) is 4.17. The quantitative estimate of drug-likeness (QED) is 0.286. The van der Waals surface area contributed by atoms with Gasteiger partial charge in [-0.05, 0) is 86.2 Å². The van der Waals surface area contributed by atoms with Gasteiger partial charge in [0.25, 0.3) is 0 Å². The Kier molecular flexibility index (Phi) is 6.45. The highest BCUT2D eigenvalue weighted by Crippen LogP contribution is 2.44. The van der Waals surface area contributed by atoms with Crippen LogP contribution in [-0.2, 0) is 0 Å². The first-order valence-corrected chi connectivity index (χ1v) is 12.3. The van der Waals surface area contributed by atoms with E-state index in [1.54, 1.807) is 13.2 Å². The van der Waals surface area contributed by atoms with Crippen molar-refractivity contribution in [3.63, 3.8) is 0 Å². The van der Waals surface area contributed by atoms with Gasteiger partial charge in [-0.3, -0.25) is 4.98 Å². The van der Waals surface area contributed by atoms with Crippen LogP contribution in [-0.4, -0.2) is 21.8 Å². The Hall–Kier alpha value is -3.06. The fraction of sp³-hybridized carbons (Fsp3) is 0.185. The predicted octanol–water partition coefficient (Wildman–Crippen LogP) is 6.98. The minimum Gasteiger partial charge on any atom is -0.497 e. The van der Waals surface area contributed by atoms with Crippen LogP contribution >= 0.6 is 35.4 Å². The molecule has 0 aliphatic carbocycles. The first-order valence-electron chi connectivity index (χ1n) is 11.2. The molecule has 5 nitrogen and oxygen atoms in total. The van der Waals surface area contributed by atoms with E-state index in [0.29, 0.717) is 15.2 Å². The van der Waals surface area contributed by atoms with Crippen LogP contribution in [0, 0.1) is 13.8 Å². The van der Waals surface area contributed by atoms with Gasteiger partial charge in [0, 0.05) is 23.3 Å². The zero-order valence-corrected chi connectivity index (χ0v) is 21.8. The highest BCUT2D eigenvalue weighted by molar-refractivity contribution is 7.80. The molecule has 5 rings (SSSR count). The maximum Gasteiger partial charge on any atom is 0.174 e. The molecule has 178 valence electrons. The number of benzene rings is 2. The second-order valence-corrected chi connectivity index (χ2v) is 9.60. The van der Waals surface area contributed by atoms with E-state index in [2.05, 4.69) is 39.7 Å². The largest absolute Gasteiger partial charge is 0.497 e. The molecule has 2 atom stereocenters. The number of ether oxygens (including phenoxy) is 1. The molecule has 1 saturated heterocycles. The monoisotopic (exact) mass is 522 g/mol. The lowest BCUT2D eigenvalue weighted by Gasteiger charge is -2.28. The topological polar surface area (TPSA) is 42.3 Å². The van der Waals surface area contributed by atoms with Crippen molar-refractivity contribution in [2.45, 2.75) is 25.9 Å². The number of aromatic nitrogens is 2. The minimum absolute atomic E-state index is 0.135. The maximum absolute atomic E-state index is 6.62. The number of halogens is 2. The Bertz CT molecular complexity index is 1390. The molecule has 1 N–H and O–H groups in total. The molecule has 1 aliphatic rings. The summed E-state index contributed by atoms with van der Waals surface area (Å²) in [6.07, 6.45) is 1.81. The Balaban J connectivity index is 1.68. The second kappa shape index (κ2) is 9.53. The fourth-order valence-corrected chi connectivity index (χ4v) is 5.54. The number of aryl methyl sites for hydroxylation is 1. The molecule has 0 amide bonds. The summed E-state index contributed by atoms with van der Waals surface area (Å²) in [4.78, 5) is 6.81. The van der Waals surface area contributed by atoms with Crippen molar-refractivity contribution >= 4 is 46.2 Å². The molecule has 4 aromatic rings. The lowest BCUT2D eigenvalue weighted by molar-refractivity contribution is 0.415. The van der Waals surface area contributed by atoms with Crippen molar-refractivity contribution in [3.8, 4) is 11.4 Å². The first-order chi connectivity index (χ1) is 16.9. The molecular formula is C27H24Cl2N4OS. The van der Waals surface area contributed by atoms with Crippen LogP contribution in [0.25, 0.3) is 5.69 Å². The number of nitrogens with one attached hydrogen (secondary N) is 1. The van der Waals surface area contributed by atoms with Crippen LogP contribution in [0.2, 0.25) is 10.0 Å². The van der Waals surface area contributed by atoms with Crippen molar-refractivity contribution < 1.29 is 4.74 Å². The highest BCUT2D eigenvalue weighted by Gasteiger charge is 2.42. The molecule has 2 aromatic carbocycles. The number of anilines is 1. The van der Waals surface area contributed by atoms with Gasteiger partial charge in [0.2, 0.25) is 0 Å². The van der Waals surface area contributed by atoms with Gasteiger partial charge in [-0.1, -0.05) is 35.3 Å². The predicted molar refractivity (Wildman–Crippen MR) is 146 cm³/mol. The summed E-state index contributed by atoms with van der Waals surface area (Å²) >= 11 is 18.8. The van der Waals surface area contributed by atoms with E-state index in [9.17, 15) is 0 Å². The van der Waals surface area contributed by atoms with Crippen LogP contribution in [0.1, 0.15) is 34.7 Å². The SMILES string of the molecule is COc1ccc(N2C(=S)N[C@@H](c3ccccn3)[C@H]2c2cc(C)n(-c3cccc(Cl)c3Cl)c2C)cc1. The molecular weight excluding hydrogens is 499 g/mol. The van der Waals surface area contributed by atoms with Crippen LogP contribution in [0.15, 0.2) is 72.9 Å². The summed E-state index contributed by atoms with van der Waals surface area (Å²) in [5.41, 5.74) is 5.96. The number of pyridine rings is 1. The van der Waals surface area contributed by atoms with Crippen molar-refractivity contribution in [3.05, 3.63) is 106 Å². The first kappa shape index (κ1) is 23.7. The maximum atomic E-state index is 6.62. The van der Waals surface area contributed by atoms with E-state index in [4.69, 9.17) is 40.2 Å². The summed E-state index contributed by atoms with van der Waals surface area (Å²) in [5.74, 6) is 0.790. The smallest absolute Gasteiger partial charge is 0.174 e. The van der Waals surface area contributed by atoms with Gasteiger partial charge in [0.1, 0.15) is 5.75 Å². The molecule has 0 bridgehead atoms. The highest BCUT2D eigenvalue weighted by atomic mass is 35.5. The lowest BCUT2D eigenvalue weighted by atomic mass is 9.96. The van der Waals surface area contributed by atoms with Crippen molar-refractivity contribution in [1.82, 2.24) is 14.9 Å². The van der Waals surface area contributed by atoms with Gasteiger partial charge < -0.3 is 19.5 Å². The average molecular weight is 523 g/mol. The number of thiocarbonyl (C=S) groups is 1. The van der Waals surface area contributed by atoms with E-state index in [-0.39, 0.29) is 12.1 Å². The van der Waals surface area contributed by atoms with Crippen molar-refractivity contribution in [2.75, 3.05) is 12.0 Å². The number of hydrogen-bond acceptors (Lipinski definition) is 3. The third-order valence-corrected chi connectivity index (χ3v) is 7.53. The van der Waals surface area contributed by atoms with Gasteiger partial charge in [-0.25, -0.2) is 0 Å². The van der Waals surface area contributed by atoms with Gasteiger partial charge in [0.05, 0.1) is 40.6 Å².